The van der Waals surface area contributed by atoms with Crippen LogP contribution in [0.4, 0.5) is 0 Å². The Morgan fingerprint density at radius 3 is 2.30 bits per heavy atom. The predicted molar refractivity (Wildman–Crippen MR) is 86.0 cm³/mol. The Labute approximate surface area is 140 Å². The molecule has 1 N–H and O–H groups in total. The van der Waals surface area contributed by atoms with Crippen LogP contribution < -0.4 is 10.1 Å². The Kier molecular flexibility index (Phi) is 7.97. The van der Waals surface area contributed by atoms with Gasteiger partial charge in [-0.25, -0.2) is 9.59 Å². The van der Waals surface area contributed by atoms with Crippen LogP contribution in [0, 0.1) is 0 Å². The molecule has 126 valence electrons. The van der Waals surface area contributed by atoms with Crippen LogP contribution in [-0.4, -0.2) is 32.3 Å². The van der Waals surface area contributed by atoms with E-state index in [1.165, 1.54) is 0 Å². The normalized spacial score (nSPS) is 11.3. The second-order valence-corrected chi connectivity index (χ2v) is 4.67. The van der Waals surface area contributed by atoms with E-state index >= 15 is 0 Å². The van der Waals surface area contributed by atoms with E-state index in [1.54, 1.807) is 27.0 Å². The van der Waals surface area contributed by atoms with Crippen molar-refractivity contribution in [1.82, 2.24) is 5.32 Å². The summed E-state index contributed by atoms with van der Waals surface area (Å²) in [4.78, 5) is 23.7. The molecule has 0 aliphatic carbocycles. The van der Waals surface area contributed by atoms with Gasteiger partial charge >= 0.3 is 11.9 Å². The molecule has 0 atom stereocenters. The van der Waals surface area contributed by atoms with Gasteiger partial charge in [-0.1, -0.05) is 29.8 Å². The Morgan fingerprint density at radius 1 is 1.09 bits per heavy atom. The molecule has 0 saturated carbocycles. The van der Waals surface area contributed by atoms with Gasteiger partial charge < -0.3 is 19.5 Å². The number of halogens is 1. The second kappa shape index (κ2) is 9.74. The summed E-state index contributed by atoms with van der Waals surface area (Å²) in [7, 11) is 1.55. The van der Waals surface area contributed by atoms with Crippen molar-refractivity contribution >= 4 is 23.5 Å². The van der Waals surface area contributed by atoms with Gasteiger partial charge in [0, 0.05) is 12.1 Å². The molecular formula is C16H20ClNO5. The summed E-state index contributed by atoms with van der Waals surface area (Å²) in [6, 6.07) is 7.28. The molecule has 0 bridgehead atoms. The molecule has 6 nitrogen and oxygen atoms in total. The fraction of sp³-hybridized carbons (Fsp3) is 0.375. The smallest absolute Gasteiger partial charge is 0.356 e. The number of rotatable bonds is 8. The van der Waals surface area contributed by atoms with Crippen LogP contribution in [0.1, 0.15) is 19.4 Å². The summed E-state index contributed by atoms with van der Waals surface area (Å²) in [5, 5.41) is 2.48. The SMILES string of the molecule is CCOC(=O)/C(Cl)=C(\NCc1ccccc1OC)C(=O)OCC. The number of hydrogen-bond acceptors (Lipinski definition) is 6. The second-order valence-electron chi connectivity index (χ2n) is 4.30. The van der Waals surface area contributed by atoms with Gasteiger partial charge in [0.2, 0.25) is 0 Å². The summed E-state index contributed by atoms with van der Waals surface area (Å²) in [6.07, 6.45) is 0. The number of nitrogens with one attached hydrogen (secondary N) is 1. The fourth-order valence-electron chi connectivity index (χ4n) is 1.77. The number of hydrogen-bond donors (Lipinski definition) is 1. The highest BCUT2D eigenvalue weighted by atomic mass is 35.5. The Morgan fingerprint density at radius 2 is 1.70 bits per heavy atom. The molecule has 0 spiro atoms. The topological polar surface area (TPSA) is 73.9 Å². The first-order valence-electron chi connectivity index (χ1n) is 7.14. The summed E-state index contributed by atoms with van der Waals surface area (Å²) < 4.78 is 15.0. The predicted octanol–water partition coefficient (Wildman–Crippen LogP) is 2.36. The first-order valence-corrected chi connectivity index (χ1v) is 7.52. The molecule has 0 fully saturated rings. The molecule has 1 rings (SSSR count). The van der Waals surface area contributed by atoms with Gasteiger partial charge in [-0.15, -0.1) is 0 Å². The van der Waals surface area contributed by atoms with Crippen LogP contribution in [0.3, 0.4) is 0 Å². The highest BCUT2D eigenvalue weighted by Gasteiger charge is 2.22. The van der Waals surface area contributed by atoms with E-state index in [4.69, 9.17) is 25.8 Å². The molecule has 0 unspecified atom stereocenters. The van der Waals surface area contributed by atoms with Crippen molar-refractivity contribution in [3.05, 3.63) is 40.6 Å². The molecule has 0 aliphatic heterocycles. The number of carbonyl (C=O) groups excluding carboxylic acids is 2. The third-order valence-corrected chi connectivity index (χ3v) is 3.15. The van der Waals surface area contributed by atoms with Gasteiger partial charge in [-0.05, 0) is 19.9 Å². The first-order chi connectivity index (χ1) is 11.0. The van der Waals surface area contributed by atoms with Crippen molar-refractivity contribution in [2.75, 3.05) is 20.3 Å². The lowest BCUT2D eigenvalue weighted by molar-refractivity contribution is -0.141. The maximum Gasteiger partial charge on any atom is 0.356 e. The van der Waals surface area contributed by atoms with E-state index in [-0.39, 0.29) is 30.5 Å². The van der Waals surface area contributed by atoms with Crippen molar-refractivity contribution in [3.63, 3.8) is 0 Å². The van der Waals surface area contributed by atoms with Crippen molar-refractivity contribution in [3.8, 4) is 5.75 Å². The maximum absolute atomic E-state index is 12.0. The summed E-state index contributed by atoms with van der Waals surface area (Å²) in [6.45, 7) is 3.85. The summed E-state index contributed by atoms with van der Waals surface area (Å²) >= 11 is 5.96. The Hall–Kier alpha value is -2.21. The van der Waals surface area contributed by atoms with Crippen LogP contribution in [0.25, 0.3) is 0 Å². The standard InChI is InChI=1S/C16H20ClNO5/c1-4-22-15(19)13(17)14(16(20)23-5-2)18-10-11-8-6-7-9-12(11)21-3/h6-9,18H,4-5,10H2,1-3H3/b14-13+. The Bertz CT molecular complexity index is 586. The number of carbonyl (C=O) groups is 2. The number of ether oxygens (including phenoxy) is 3. The fourth-order valence-corrected chi connectivity index (χ4v) is 1.97. The van der Waals surface area contributed by atoms with Crippen LogP contribution >= 0.6 is 11.6 Å². The van der Waals surface area contributed by atoms with E-state index in [0.29, 0.717) is 5.75 Å². The molecule has 23 heavy (non-hydrogen) atoms. The van der Waals surface area contributed by atoms with E-state index < -0.39 is 11.9 Å². The van der Waals surface area contributed by atoms with Gasteiger partial charge in [0.15, 0.2) is 5.03 Å². The molecule has 0 amide bonds. The average Bonchev–Trinajstić information content (AvgIpc) is 2.55. The lowest BCUT2D eigenvalue weighted by atomic mass is 10.2. The zero-order chi connectivity index (χ0) is 17.2. The van der Waals surface area contributed by atoms with Crippen molar-refractivity contribution in [1.29, 1.82) is 0 Å². The zero-order valence-electron chi connectivity index (χ0n) is 13.3. The van der Waals surface area contributed by atoms with Crippen molar-refractivity contribution < 1.29 is 23.8 Å². The minimum atomic E-state index is -0.787. The van der Waals surface area contributed by atoms with E-state index in [1.807, 2.05) is 18.2 Å². The lowest BCUT2D eigenvalue weighted by Gasteiger charge is -2.14. The van der Waals surface area contributed by atoms with Crippen molar-refractivity contribution in [2.24, 2.45) is 0 Å². The molecule has 0 saturated heterocycles. The number of para-hydroxylation sites is 1. The van der Waals surface area contributed by atoms with Gasteiger partial charge in [-0.3, -0.25) is 0 Å². The first kappa shape index (κ1) is 18.8. The minimum Gasteiger partial charge on any atom is -0.496 e. The van der Waals surface area contributed by atoms with E-state index in [0.717, 1.165) is 5.56 Å². The van der Waals surface area contributed by atoms with Crippen LogP contribution in [-0.2, 0) is 25.6 Å². The summed E-state index contributed by atoms with van der Waals surface area (Å²) in [5.41, 5.74) is 0.656. The van der Waals surface area contributed by atoms with Gasteiger partial charge in [0.1, 0.15) is 11.4 Å². The average molecular weight is 342 g/mol. The largest absolute Gasteiger partial charge is 0.496 e. The third kappa shape index (κ3) is 5.49. The van der Waals surface area contributed by atoms with Crippen molar-refractivity contribution in [2.45, 2.75) is 20.4 Å². The molecule has 0 aliphatic rings. The minimum absolute atomic E-state index is 0.141. The Balaban J connectivity index is 2.99. The highest BCUT2D eigenvalue weighted by molar-refractivity contribution is 6.43. The monoisotopic (exact) mass is 341 g/mol. The van der Waals surface area contributed by atoms with Crippen LogP contribution in [0.2, 0.25) is 0 Å². The quantitative estimate of drug-likeness (QED) is 0.578. The number of methoxy groups -OCH3 is 1. The van der Waals surface area contributed by atoms with Crippen LogP contribution in [0.5, 0.6) is 5.75 Å². The maximum atomic E-state index is 12.0. The molecule has 7 heteroatoms. The number of benzene rings is 1. The van der Waals surface area contributed by atoms with Crippen LogP contribution in [0.15, 0.2) is 35.0 Å². The van der Waals surface area contributed by atoms with E-state index in [9.17, 15) is 9.59 Å². The molecule has 0 radical (unpaired) electrons. The highest BCUT2D eigenvalue weighted by Crippen LogP contribution is 2.18. The van der Waals surface area contributed by atoms with Gasteiger partial charge in [0.05, 0.1) is 20.3 Å². The zero-order valence-corrected chi connectivity index (χ0v) is 14.1. The van der Waals surface area contributed by atoms with Gasteiger partial charge in [-0.2, -0.15) is 0 Å². The molecule has 1 aromatic rings. The molecular weight excluding hydrogens is 322 g/mol. The summed E-state index contributed by atoms with van der Waals surface area (Å²) in [5.74, 6) is -0.860. The number of esters is 2. The molecule has 0 heterocycles. The third-order valence-electron chi connectivity index (χ3n) is 2.80. The molecule has 0 aromatic heterocycles. The molecule has 1 aromatic carbocycles. The van der Waals surface area contributed by atoms with Gasteiger partial charge in [0.25, 0.3) is 0 Å². The lowest BCUT2D eigenvalue weighted by Crippen LogP contribution is -2.26. The van der Waals surface area contributed by atoms with E-state index in [2.05, 4.69) is 5.32 Å².